The van der Waals surface area contributed by atoms with Crippen molar-refractivity contribution in [1.82, 2.24) is 19.9 Å². The van der Waals surface area contributed by atoms with Crippen LogP contribution in [0, 0.1) is 5.41 Å². The Labute approximate surface area is 165 Å². The third kappa shape index (κ3) is 6.71. The number of halogens is 3. The fraction of sp³-hybridized carbons (Fsp3) is 0.333. The van der Waals surface area contributed by atoms with Crippen LogP contribution in [-0.4, -0.2) is 52.1 Å². The van der Waals surface area contributed by atoms with E-state index in [0.717, 1.165) is 18.8 Å². The standard InChI is InChI=1S/C18H22F3N7O/c1-28(2)7-3-4-16(29)27-15-10-24-14(26-15)6-5-13(22)11-8-12(18(19,20)21)17(23)25-9-11/h5-6,8-10,22H,3-4,7H2,1-2H3,(H2,23,25)(H,24,26)(H,27,29)/b6-5-,22-13?. The minimum atomic E-state index is -4.66. The number of carbonyl (C=O) groups is 1. The van der Waals surface area contributed by atoms with Gasteiger partial charge in [-0.1, -0.05) is 0 Å². The van der Waals surface area contributed by atoms with E-state index in [9.17, 15) is 18.0 Å². The number of anilines is 2. The molecule has 0 spiro atoms. The molecule has 2 heterocycles. The number of nitrogens with one attached hydrogen (secondary N) is 3. The second-order valence-corrected chi connectivity index (χ2v) is 6.54. The quantitative estimate of drug-likeness (QED) is 0.499. The minimum absolute atomic E-state index is 0.0382. The molecule has 8 nitrogen and oxygen atoms in total. The Morgan fingerprint density at radius 2 is 2.07 bits per heavy atom. The number of aromatic amines is 1. The second-order valence-electron chi connectivity index (χ2n) is 6.54. The summed E-state index contributed by atoms with van der Waals surface area (Å²) in [6.07, 6.45) is 1.61. The number of hydrogen-bond acceptors (Lipinski definition) is 6. The molecule has 0 fully saturated rings. The Hall–Kier alpha value is -3.21. The summed E-state index contributed by atoms with van der Waals surface area (Å²) in [5, 5.41) is 10.6. The predicted octanol–water partition coefficient (Wildman–Crippen LogP) is 2.77. The van der Waals surface area contributed by atoms with Crippen molar-refractivity contribution in [2.24, 2.45) is 0 Å². The third-order valence-electron chi connectivity index (χ3n) is 3.82. The summed E-state index contributed by atoms with van der Waals surface area (Å²) in [6.45, 7) is 0.794. The summed E-state index contributed by atoms with van der Waals surface area (Å²) in [5.41, 5.74) is 3.93. The van der Waals surface area contributed by atoms with Crippen molar-refractivity contribution < 1.29 is 18.0 Å². The number of nitrogen functional groups attached to an aromatic ring is 1. The van der Waals surface area contributed by atoms with Gasteiger partial charge in [-0.2, -0.15) is 13.2 Å². The largest absolute Gasteiger partial charge is 0.419 e. The fourth-order valence-corrected chi connectivity index (χ4v) is 2.36. The van der Waals surface area contributed by atoms with E-state index in [0.29, 0.717) is 24.5 Å². The zero-order valence-corrected chi connectivity index (χ0v) is 16.0. The molecular formula is C18H22F3N7O. The number of carbonyl (C=O) groups excluding carboxylic acids is 1. The summed E-state index contributed by atoms with van der Waals surface area (Å²) in [4.78, 5) is 24.2. The highest BCUT2D eigenvalue weighted by molar-refractivity contribution is 6.08. The second kappa shape index (κ2) is 9.32. The molecule has 0 aliphatic carbocycles. The molecule has 1 amide bonds. The number of pyridine rings is 1. The maximum absolute atomic E-state index is 12.9. The summed E-state index contributed by atoms with van der Waals surface area (Å²) in [5.74, 6) is -0.0845. The highest BCUT2D eigenvalue weighted by Crippen LogP contribution is 2.33. The molecule has 29 heavy (non-hydrogen) atoms. The molecule has 0 aromatic carbocycles. The number of allylic oxidation sites excluding steroid dienone is 1. The van der Waals surface area contributed by atoms with Gasteiger partial charge in [0.1, 0.15) is 17.5 Å². The normalized spacial score (nSPS) is 11.9. The van der Waals surface area contributed by atoms with E-state index in [1.807, 2.05) is 19.0 Å². The van der Waals surface area contributed by atoms with Gasteiger partial charge in [0.15, 0.2) is 0 Å². The zero-order valence-electron chi connectivity index (χ0n) is 16.0. The molecule has 0 atom stereocenters. The van der Waals surface area contributed by atoms with E-state index < -0.39 is 17.6 Å². The van der Waals surface area contributed by atoms with E-state index in [1.54, 1.807) is 0 Å². The van der Waals surface area contributed by atoms with Gasteiger partial charge in [0.05, 0.1) is 17.5 Å². The van der Waals surface area contributed by atoms with Crippen LogP contribution in [0.4, 0.5) is 24.8 Å². The van der Waals surface area contributed by atoms with Gasteiger partial charge < -0.3 is 26.3 Å². The van der Waals surface area contributed by atoms with E-state index in [1.165, 1.54) is 18.3 Å². The molecule has 2 aromatic rings. The molecule has 0 aliphatic heterocycles. The van der Waals surface area contributed by atoms with Crippen molar-refractivity contribution in [3.05, 3.63) is 41.5 Å². The van der Waals surface area contributed by atoms with Gasteiger partial charge in [0.25, 0.3) is 0 Å². The number of imidazole rings is 1. The SMILES string of the molecule is CN(C)CCCC(=O)Nc1cnc(/C=C\C(=N)c2cnc(N)c(C(F)(F)F)c2)[nH]1. The number of amides is 1. The molecule has 156 valence electrons. The molecule has 11 heteroatoms. The van der Waals surface area contributed by atoms with Crippen molar-refractivity contribution in [3.8, 4) is 0 Å². The van der Waals surface area contributed by atoms with Crippen molar-refractivity contribution in [3.63, 3.8) is 0 Å². The lowest BCUT2D eigenvalue weighted by molar-refractivity contribution is -0.137. The van der Waals surface area contributed by atoms with Gasteiger partial charge in [-0.3, -0.25) is 4.79 Å². The average molecular weight is 409 g/mol. The molecule has 0 radical (unpaired) electrons. The first-order chi connectivity index (χ1) is 13.6. The summed E-state index contributed by atoms with van der Waals surface area (Å²) < 4.78 is 38.7. The number of hydrogen-bond donors (Lipinski definition) is 4. The molecule has 0 saturated heterocycles. The van der Waals surface area contributed by atoms with Crippen LogP contribution in [0.25, 0.3) is 6.08 Å². The number of alkyl halides is 3. The average Bonchev–Trinajstić information content (AvgIpc) is 3.06. The maximum Gasteiger partial charge on any atom is 0.419 e. The van der Waals surface area contributed by atoms with E-state index in [2.05, 4.69) is 20.3 Å². The van der Waals surface area contributed by atoms with Crippen LogP contribution in [0.3, 0.4) is 0 Å². The highest BCUT2D eigenvalue weighted by Gasteiger charge is 2.34. The molecule has 2 rings (SSSR count). The van der Waals surface area contributed by atoms with Crippen molar-refractivity contribution in [2.45, 2.75) is 19.0 Å². The molecule has 2 aromatic heterocycles. The fourth-order valence-electron chi connectivity index (χ4n) is 2.36. The number of aromatic nitrogens is 3. The Kier molecular flexibility index (Phi) is 7.10. The van der Waals surface area contributed by atoms with Gasteiger partial charge in [-0.15, -0.1) is 0 Å². The number of rotatable bonds is 8. The van der Waals surface area contributed by atoms with Crippen molar-refractivity contribution in [2.75, 3.05) is 31.7 Å². The van der Waals surface area contributed by atoms with E-state index in [4.69, 9.17) is 11.1 Å². The predicted molar refractivity (Wildman–Crippen MR) is 105 cm³/mol. The molecule has 0 bridgehead atoms. The van der Waals surface area contributed by atoms with Gasteiger partial charge in [-0.25, -0.2) is 9.97 Å². The highest BCUT2D eigenvalue weighted by atomic mass is 19.4. The smallest absolute Gasteiger partial charge is 0.383 e. The number of H-pyrrole nitrogens is 1. The van der Waals surface area contributed by atoms with Gasteiger partial charge in [0, 0.05) is 18.2 Å². The van der Waals surface area contributed by atoms with Gasteiger partial charge in [-0.05, 0) is 45.3 Å². The minimum Gasteiger partial charge on any atom is -0.383 e. The summed E-state index contributed by atoms with van der Waals surface area (Å²) in [6, 6.07) is 0.774. The van der Waals surface area contributed by atoms with Crippen LogP contribution in [0.2, 0.25) is 0 Å². The molecule has 0 aliphatic rings. The van der Waals surface area contributed by atoms with Crippen LogP contribution in [0.5, 0.6) is 0 Å². The van der Waals surface area contributed by atoms with Crippen LogP contribution in [-0.2, 0) is 11.0 Å². The van der Waals surface area contributed by atoms with Crippen LogP contribution in [0.1, 0.15) is 29.8 Å². The van der Waals surface area contributed by atoms with E-state index >= 15 is 0 Å². The molecule has 0 saturated carbocycles. The number of nitrogens with zero attached hydrogens (tertiary/aromatic N) is 3. The molecular weight excluding hydrogens is 387 g/mol. The van der Waals surface area contributed by atoms with Crippen molar-refractivity contribution in [1.29, 1.82) is 5.41 Å². The van der Waals surface area contributed by atoms with Gasteiger partial charge >= 0.3 is 6.18 Å². The first-order valence-electron chi connectivity index (χ1n) is 8.65. The lowest BCUT2D eigenvalue weighted by atomic mass is 10.1. The monoisotopic (exact) mass is 409 g/mol. The van der Waals surface area contributed by atoms with Crippen LogP contribution in [0.15, 0.2) is 24.5 Å². The third-order valence-corrected chi connectivity index (χ3v) is 3.82. The maximum atomic E-state index is 12.9. The van der Waals surface area contributed by atoms with Gasteiger partial charge in [0.2, 0.25) is 5.91 Å². The van der Waals surface area contributed by atoms with Crippen LogP contribution < -0.4 is 11.1 Å². The van der Waals surface area contributed by atoms with Crippen molar-refractivity contribution >= 4 is 29.3 Å². The Morgan fingerprint density at radius 3 is 2.72 bits per heavy atom. The molecule has 5 N–H and O–H groups in total. The lowest BCUT2D eigenvalue weighted by Gasteiger charge is -2.10. The first kappa shape index (κ1) is 22.1. The van der Waals surface area contributed by atoms with Crippen LogP contribution >= 0.6 is 0 Å². The zero-order chi connectivity index (χ0) is 21.6. The van der Waals surface area contributed by atoms with E-state index in [-0.39, 0.29) is 17.2 Å². The lowest BCUT2D eigenvalue weighted by Crippen LogP contribution is -2.17. The number of nitrogens with two attached hydrogens (primary N) is 1. The molecule has 0 unspecified atom stereocenters. The Balaban J connectivity index is 1.99. The topological polar surface area (TPSA) is 124 Å². The summed E-state index contributed by atoms with van der Waals surface area (Å²) >= 11 is 0. The first-order valence-corrected chi connectivity index (χ1v) is 8.65. The summed E-state index contributed by atoms with van der Waals surface area (Å²) in [7, 11) is 3.85. The Morgan fingerprint density at radius 1 is 1.34 bits per heavy atom. The Bertz CT molecular complexity index is 903.